The molecule has 1 rings (SSSR count). The van der Waals surface area contributed by atoms with Gasteiger partial charge in [0.1, 0.15) is 9.84 Å². The van der Waals surface area contributed by atoms with Crippen molar-refractivity contribution in [3.8, 4) is 11.5 Å². The largest absolute Gasteiger partial charge is 0.493 e. The Morgan fingerprint density at radius 1 is 1.29 bits per heavy atom. The number of hydrogen-bond donors (Lipinski definition) is 1. The molecule has 0 aliphatic rings. The fraction of sp³-hybridized carbons (Fsp3) is 0.600. The second kappa shape index (κ2) is 8.24. The lowest BCUT2D eigenvalue weighted by atomic mass is 10.1. The lowest BCUT2D eigenvalue weighted by molar-refractivity contribution is 0.294. The molecule has 0 aromatic heterocycles. The van der Waals surface area contributed by atoms with Gasteiger partial charge >= 0.3 is 0 Å². The van der Waals surface area contributed by atoms with Gasteiger partial charge in [0.2, 0.25) is 0 Å². The number of hydrogen-bond acceptors (Lipinski definition) is 5. The van der Waals surface area contributed by atoms with E-state index >= 15 is 0 Å². The van der Waals surface area contributed by atoms with Crippen LogP contribution in [-0.2, 0) is 9.84 Å². The first-order valence-electron chi connectivity index (χ1n) is 7.09. The quantitative estimate of drug-likeness (QED) is 0.708. The average Bonchev–Trinajstić information content (AvgIpc) is 2.42. The van der Waals surface area contributed by atoms with Crippen LogP contribution in [0.2, 0.25) is 0 Å². The van der Waals surface area contributed by atoms with Crippen molar-refractivity contribution in [2.24, 2.45) is 0 Å². The molecule has 1 aromatic carbocycles. The molecule has 0 aliphatic heterocycles. The van der Waals surface area contributed by atoms with E-state index in [1.807, 2.05) is 18.2 Å². The Bertz CT molecular complexity index is 543. The highest BCUT2D eigenvalue weighted by Crippen LogP contribution is 2.30. The van der Waals surface area contributed by atoms with Crippen molar-refractivity contribution in [2.75, 3.05) is 32.3 Å². The van der Waals surface area contributed by atoms with Gasteiger partial charge in [-0.05, 0) is 37.6 Å². The van der Waals surface area contributed by atoms with Crippen LogP contribution in [0.15, 0.2) is 18.2 Å². The summed E-state index contributed by atoms with van der Waals surface area (Å²) in [5, 5.41) is 3.34. The summed E-state index contributed by atoms with van der Waals surface area (Å²) in [7, 11) is -1.34. The maximum absolute atomic E-state index is 11.1. The minimum atomic E-state index is -2.94. The molecule has 1 unspecified atom stereocenters. The third-order valence-electron chi connectivity index (χ3n) is 3.12. The van der Waals surface area contributed by atoms with Crippen molar-refractivity contribution in [3.05, 3.63) is 23.8 Å². The number of sulfone groups is 1. The van der Waals surface area contributed by atoms with Crippen LogP contribution in [0.5, 0.6) is 11.5 Å². The van der Waals surface area contributed by atoms with Crippen LogP contribution in [0.25, 0.3) is 0 Å². The zero-order valence-corrected chi connectivity index (χ0v) is 14.0. The van der Waals surface area contributed by atoms with Gasteiger partial charge in [-0.3, -0.25) is 0 Å². The molecule has 1 aromatic rings. The van der Waals surface area contributed by atoms with Crippen molar-refractivity contribution in [3.63, 3.8) is 0 Å². The second-order valence-electron chi connectivity index (χ2n) is 5.02. The fourth-order valence-electron chi connectivity index (χ4n) is 2.00. The molecule has 0 aliphatic carbocycles. The number of ether oxygens (including phenoxy) is 2. The highest BCUT2D eigenvalue weighted by atomic mass is 32.2. The Kier molecular flexibility index (Phi) is 6.98. The first-order chi connectivity index (χ1) is 9.87. The Morgan fingerprint density at radius 2 is 2.00 bits per heavy atom. The summed E-state index contributed by atoms with van der Waals surface area (Å²) in [5.41, 5.74) is 1.12. The molecule has 0 spiro atoms. The third-order valence-corrected chi connectivity index (χ3v) is 4.15. The first kappa shape index (κ1) is 17.8. The van der Waals surface area contributed by atoms with Gasteiger partial charge in [0.05, 0.1) is 19.5 Å². The van der Waals surface area contributed by atoms with Gasteiger partial charge in [0.25, 0.3) is 0 Å². The fourth-order valence-corrected chi connectivity index (χ4v) is 2.64. The molecule has 1 N–H and O–H groups in total. The minimum absolute atomic E-state index is 0.130. The van der Waals surface area contributed by atoms with Gasteiger partial charge in [0, 0.05) is 12.3 Å². The average molecular weight is 315 g/mol. The van der Waals surface area contributed by atoms with Gasteiger partial charge in [-0.2, -0.15) is 0 Å². The predicted molar refractivity (Wildman–Crippen MR) is 84.9 cm³/mol. The topological polar surface area (TPSA) is 64.6 Å². The zero-order chi connectivity index (χ0) is 15.9. The van der Waals surface area contributed by atoms with Gasteiger partial charge in [-0.15, -0.1) is 0 Å². The Balaban J connectivity index is 2.66. The van der Waals surface area contributed by atoms with Crippen molar-refractivity contribution in [1.29, 1.82) is 0 Å². The molecule has 0 amide bonds. The molecule has 6 heteroatoms. The Labute approximate surface area is 127 Å². The van der Waals surface area contributed by atoms with Crippen LogP contribution < -0.4 is 14.8 Å². The van der Waals surface area contributed by atoms with Crippen molar-refractivity contribution < 1.29 is 17.9 Å². The van der Waals surface area contributed by atoms with E-state index in [4.69, 9.17) is 9.47 Å². The molecule has 5 nitrogen and oxygen atoms in total. The van der Waals surface area contributed by atoms with Gasteiger partial charge < -0.3 is 14.8 Å². The highest BCUT2D eigenvalue weighted by molar-refractivity contribution is 7.90. The van der Waals surface area contributed by atoms with Gasteiger partial charge in [-0.1, -0.05) is 13.0 Å². The smallest absolute Gasteiger partial charge is 0.161 e. The maximum atomic E-state index is 11.1. The number of nitrogens with one attached hydrogen (secondary N) is 1. The van der Waals surface area contributed by atoms with Crippen LogP contribution >= 0.6 is 0 Å². The van der Waals surface area contributed by atoms with Gasteiger partial charge in [0.15, 0.2) is 11.5 Å². The van der Waals surface area contributed by atoms with Crippen LogP contribution in [-0.4, -0.2) is 40.7 Å². The van der Waals surface area contributed by atoms with E-state index in [2.05, 4.69) is 19.2 Å². The van der Waals surface area contributed by atoms with E-state index in [1.54, 1.807) is 7.11 Å². The summed E-state index contributed by atoms with van der Waals surface area (Å²) in [4.78, 5) is 0. The molecule has 0 saturated heterocycles. The standard InChI is InChI=1S/C15H25NO4S/c1-5-16-12(2)13-7-8-14(15(11-13)19-3)20-9-6-10-21(4,17)18/h7-8,11-12,16H,5-6,9-10H2,1-4H3. The van der Waals surface area contributed by atoms with Gasteiger partial charge in [-0.25, -0.2) is 8.42 Å². The maximum Gasteiger partial charge on any atom is 0.161 e. The summed E-state index contributed by atoms with van der Waals surface area (Å²) < 4.78 is 33.1. The molecule has 0 heterocycles. The van der Waals surface area contributed by atoms with Crippen LogP contribution in [0, 0.1) is 0 Å². The molecular weight excluding hydrogens is 290 g/mol. The minimum Gasteiger partial charge on any atom is -0.493 e. The van der Waals surface area contributed by atoms with Crippen molar-refractivity contribution in [2.45, 2.75) is 26.3 Å². The van der Waals surface area contributed by atoms with E-state index in [1.165, 1.54) is 6.26 Å². The molecule has 0 radical (unpaired) electrons. The molecule has 0 saturated carbocycles. The van der Waals surface area contributed by atoms with E-state index in [0.29, 0.717) is 24.5 Å². The molecule has 1 atom stereocenters. The summed E-state index contributed by atoms with van der Waals surface area (Å²) >= 11 is 0. The number of benzene rings is 1. The van der Waals surface area contributed by atoms with Crippen molar-refractivity contribution in [1.82, 2.24) is 5.32 Å². The summed E-state index contributed by atoms with van der Waals surface area (Å²) in [6, 6.07) is 6.03. The molecule has 0 bridgehead atoms. The van der Waals surface area contributed by atoms with Crippen LogP contribution in [0.4, 0.5) is 0 Å². The lowest BCUT2D eigenvalue weighted by Crippen LogP contribution is -2.17. The number of rotatable bonds is 9. The SMILES string of the molecule is CCNC(C)c1ccc(OCCCS(C)(=O)=O)c(OC)c1. The summed E-state index contributed by atoms with van der Waals surface area (Å²) in [6.07, 6.45) is 1.70. The van der Waals surface area contributed by atoms with E-state index in [0.717, 1.165) is 12.1 Å². The molecule has 0 fully saturated rings. The monoisotopic (exact) mass is 315 g/mol. The lowest BCUT2D eigenvalue weighted by Gasteiger charge is -2.16. The normalized spacial score (nSPS) is 13.0. The van der Waals surface area contributed by atoms with E-state index in [9.17, 15) is 8.42 Å². The highest BCUT2D eigenvalue weighted by Gasteiger charge is 2.10. The second-order valence-corrected chi connectivity index (χ2v) is 7.28. The Morgan fingerprint density at radius 3 is 2.57 bits per heavy atom. The summed E-state index contributed by atoms with van der Waals surface area (Å²) in [6.45, 7) is 5.40. The molecule has 21 heavy (non-hydrogen) atoms. The summed E-state index contributed by atoms with van der Waals surface area (Å²) in [5.74, 6) is 1.43. The van der Waals surface area contributed by atoms with E-state index in [-0.39, 0.29) is 11.8 Å². The zero-order valence-electron chi connectivity index (χ0n) is 13.2. The first-order valence-corrected chi connectivity index (χ1v) is 9.15. The number of methoxy groups -OCH3 is 1. The van der Waals surface area contributed by atoms with Crippen LogP contribution in [0.1, 0.15) is 31.9 Å². The van der Waals surface area contributed by atoms with Crippen LogP contribution in [0.3, 0.4) is 0 Å². The van der Waals surface area contributed by atoms with E-state index < -0.39 is 9.84 Å². The third kappa shape index (κ3) is 6.35. The van der Waals surface area contributed by atoms with Crippen molar-refractivity contribution >= 4 is 9.84 Å². The molecular formula is C15H25NO4S. The molecule has 120 valence electrons. The predicted octanol–water partition coefficient (Wildman–Crippen LogP) is 2.18. The Hall–Kier alpha value is -1.27.